The van der Waals surface area contributed by atoms with Crippen LogP contribution in [0.4, 0.5) is 17.3 Å². The van der Waals surface area contributed by atoms with E-state index in [4.69, 9.17) is 5.26 Å². The molecule has 3 rings (SSSR count). The molecule has 2 N–H and O–H groups in total. The van der Waals surface area contributed by atoms with Gasteiger partial charge in [-0.05, 0) is 18.8 Å². The maximum atomic E-state index is 8.72. The molecule has 1 aliphatic rings. The maximum Gasteiger partial charge on any atom is 0.158 e. The van der Waals surface area contributed by atoms with E-state index in [1.165, 1.54) is 44.5 Å². The second-order valence-electron chi connectivity index (χ2n) is 5.74. The number of hydrogen-bond donors (Lipinski definition) is 2. The molecule has 2 heterocycles. The molecule has 0 saturated heterocycles. The maximum absolute atomic E-state index is 8.72. The van der Waals surface area contributed by atoms with Crippen molar-refractivity contribution in [1.82, 2.24) is 20.2 Å². The van der Waals surface area contributed by atoms with Gasteiger partial charge in [0.2, 0.25) is 0 Å². The van der Waals surface area contributed by atoms with E-state index >= 15 is 0 Å². The highest BCUT2D eigenvalue weighted by Crippen LogP contribution is 2.24. The zero-order valence-corrected chi connectivity index (χ0v) is 12.9. The van der Waals surface area contributed by atoms with E-state index in [1.807, 2.05) is 12.1 Å². The molecule has 0 amide bonds. The number of hydrogen-bond acceptors (Lipinski definition) is 7. The highest BCUT2D eigenvalue weighted by atomic mass is 15.2. The van der Waals surface area contributed by atoms with Crippen LogP contribution in [0.1, 0.15) is 37.8 Å². The molecule has 0 radical (unpaired) electrons. The third-order valence-electron chi connectivity index (χ3n) is 4.00. The molecule has 2 aromatic rings. The number of nitriles is 1. The topological polar surface area (TPSA) is 99.4 Å². The largest absolute Gasteiger partial charge is 0.383 e. The molecule has 0 bridgehead atoms. The molecule has 0 unspecified atom stereocenters. The van der Waals surface area contributed by atoms with Crippen molar-refractivity contribution in [2.24, 2.45) is 5.92 Å². The monoisotopic (exact) mass is 309 g/mol. The van der Waals surface area contributed by atoms with Gasteiger partial charge in [0.1, 0.15) is 11.9 Å². The van der Waals surface area contributed by atoms with E-state index in [1.54, 1.807) is 6.20 Å². The fraction of sp³-hybridized carbons (Fsp3) is 0.438. The van der Waals surface area contributed by atoms with Gasteiger partial charge in [0, 0.05) is 12.6 Å². The van der Waals surface area contributed by atoms with Gasteiger partial charge in [-0.3, -0.25) is 0 Å². The Labute approximate surface area is 135 Å². The first-order valence-electron chi connectivity index (χ1n) is 7.89. The Morgan fingerprint density at radius 3 is 2.70 bits per heavy atom. The van der Waals surface area contributed by atoms with E-state index in [0.29, 0.717) is 11.6 Å². The Kier molecular flexibility index (Phi) is 4.94. The predicted octanol–water partition coefficient (Wildman–Crippen LogP) is 2.87. The van der Waals surface area contributed by atoms with Crippen molar-refractivity contribution >= 4 is 17.3 Å². The molecule has 1 aliphatic carbocycles. The molecule has 1 fully saturated rings. The van der Waals surface area contributed by atoms with Gasteiger partial charge in [0.15, 0.2) is 11.5 Å². The standard InChI is InChI=1S/C16H19N7/c17-7-14-9-20-16(11-19-14)22-15-6-13(10-21-23-15)18-8-12-4-2-1-3-5-12/h6,9-12H,1-5,8H2,(H2,18,20,22,23). The smallest absolute Gasteiger partial charge is 0.158 e. The first-order valence-corrected chi connectivity index (χ1v) is 7.89. The van der Waals surface area contributed by atoms with Crippen LogP contribution in [-0.4, -0.2) is 26.7 Å². The molecular formula is C16H19N7. The summed E-state index contributed by atoms with van der Waals surface area (Å²) in [6, 6.07) is 3.83. The lowest BCUT2D eigenvalue weighted by Crippen LogP contribution is -2.17. The molecule has 0 atom stereocenters. The van der Waals surface area contributed by atoms with E-state index in [0.717, 1.165) is 18.2 Å². The third kappa shape index (κ3) is 4.36. The average molecular weight is 309 g/mol. The minimum atomic E-state index is 0.282. The summed E-state index contributed by atoms with van der Waals surface area (Å²) in [4.78, 5) is 8.07. The van der Waals surface area contributed by atoms with Crippen LogP contribution in [0.25, 0.3) is 0 Å². The lowest BCUT2D eigenvalue weighted by molar-refractivity contribution is 0.373. The van der Waals surface area contributed by atoms with Crippen molar-refractivity contribution in [1.29, 1.82) is 5.26 Å². The van der Waals surface area contributed by atoms with E-state index < -0.39 is 0 Å². The van der Waals surface area contributed by atoms with E-state index in [9.17, 15) is 0 Å². The zero-order chi connectivity index (χ0) is 15.9. The summed E-state index contributed by atoms with van der Waals surface area (Å²) in [5, 5.41) is 23.2. The molecule has 118 valence electrons. The van der Waals surface area contributed by atoms with Crippen LogP contribution < -0.4 is 10.6 Å². The number of nitrogens with one attached hydrogen (secondary N) is 2. The molecule has 2 aromatic heterocycles. The van der Waals surface area contributed by atoms with E-state index in [2.05, 4.69) is 30.8 Å². The summed E-state index contributed by atoms with van der Waals surface area (Å²) in [5.74, 6) is 1.87. The van der Waals surface area contributed by atoms with Crippen molar-refractivity contribution in [2.75, 3.05) is 17.2 Å². The Bertz CT molecular complexity index is 672. The van der Waals surface area contributed by atoms with Crippen molar-refractivity contribution in [3.63, 3.8) is 0 Å². The minimum Gasteiger partial charge on any atom is -0.383 e. The van der Waals surface area contributed by atoms with Crippen molar-refractivity contribution in [3.8, 4) is 6.07 Å². The highest BCUT2D eigenvalue weighted by Gasteiger charge is 2.13. The van der Waals surface area contributed by atoms with E-state index in [-0.39, 0.29) is 5.69 Å². The molecule has 23 heavy (non-hydrogen) atoms. The van der Waals surface area contributed by atoms with Crippen molar-refractivity contribution in [2.45, 2.75) is 32.1 Å². The summed E-state index contributed by atoms with van der Waals surface area (Å²) < 4.78 is 0. The van der Waals surface area contributed by atoms with Crippen LogP contribution in [0.2, 0.25) is 0 Å². The summed E-state index contributed by atoms with van der Waals surface area (Å²) in [7, 11) is 0. The lowest BCUT2D eigenvalue weighted by Gasteiger charge is -2.22. The van der Waals surface area contributed by atoms with Gasteiger partial charge in [0.25, 0.3) is 0 Å². The molecule has 7 nitrogen and oxygen atoms in total. The van der Waals surface area contributed by atoms with Gasteiger partial charge in [-0.2, -0.15) is 10.4 Å². The SMILES string of the molecule is N#Cc1cnc(Nc2cc(NCC3CCCCC3)cnn2)cn1. The Morgan fingerprint density at radius 1 is 1.09 bits per heavy atom. The van der Waals surface area contributed by atoms with Gasteiger partial charge in [-0.1, -0.05) is 19.3 Å². The van der Waals surface area contributed by atoms with Gasteiger partial charge in [-0.15, -0.1) is 5.10 Å². The average Bonchev–Trinajstić information content (AvgIpc) is 2.62. The van der Waals surface area contributed by atoms with Crippen LogP contribution in [0, 0.1) is 17.2 Å². The molecule has 0 spiro atoms. The van der Waals surface area contributed by atoms with Crippen molar-refractivity contribution in [3.05, 3.63) is 30.4 Å². The highest BCUT2D eigenvalue weighted by molar-refractivity contribution is 5.56. The quantitative estimate of drug-likeness (QED) is 0.876. The number of rotatable bonds is 5. The third-order valence-corrected chi connectivity index (χ3v) is 4.00. The fourth-order valence-corrected chi connectivity index (χ4v) is 2.76. The molecular weight excluding hydrogens is 290 g/mol. The Balaban J connectivity index is 1.59. The predicted molar refractivity (Wildman–Crippen MR) is 87.1 cm³/mol. The second-order valence-corrected chi connectivity index (χ2v) is 5.74. The Morgan fingerprint density at radius 2 is 1.96 bits per heavy atom. The van der Waals surface area contributed by atoms with Crippen LogP contribution in [-0.2, 0) is 0 Å². The summed E-state index contributed by atoms with van der Waals surface area (Å²) in [5.41, 5.74) is 1.22. The Hall–Kier alpha value is -2.75. The number of aromatic nitrogens is 4. The molecule has 0 aromatic carbocycles. The van der Waals surface area contributed by atoms with Gasteiger partial charge < -0.3 is 10.6 Å². The van der Waals surface area contributed by atoms with Crippen molar-refractivity contribution < 1.29 is 0 Å². The van der Waals surface area contributed by atoms with Crippen LogP contribution >= 0.6 is 0 Å². The van der Waals surface area contributed by atoms with Gasteiger partial charge in [-0.25, -0.2) is 9.97 Å². The van der Waals surface area contributed by atoms with Gasteiger partial charge in [0.05, 0.1) is 24.3 Å². The first-order chi connectivity index (χ1) is 11.3. The normalized spacial score (nSPS) is 14.9. The molecule has 7 heteroatoms. The van der Waals surface area contributed by atoms with Crippen LogP contribution in [0.3, 0.4) is 0 Å². The molecule has 1 saturated carbocycles. The molecule has 0 aliphatic heterocycles. The number of anilines is 3. The van der Waals surface area contributed by atoms with Gasteiger partial charge >= 0.3 is 0 Å². The summed E-state index contributed by atoms with van der Waals surface area (Å²) in [6.45, 7) is 0.974. The first kappa shape index (κ1) is 15.2. The fourth-order valence-electron chi connectivity index (χ4n) is 2.76. The summed E-state index contributed by atoms with van der Waals surface area (Å²) in [6.07, 6.45) is 11.3. The second kappa shape index (κ2) is 7.49. The van der Waals surface area contributed by atoms with Crippen LogP contribution in [0.15, 0.2) is 24.7 Å². The van der Waals surface area contributed by atoms with Crippen LogP contribution in [0.5, 0.6) is 0 Å². The summed E-state index contributed by atoms with van der Waals surface area (Å²) >= 11 is 0. The zero-order valence-electron chi connectivity index (χ0n) is 12.9. The lowest BCUT2D eigenvalue weighted by atomic mass is 9.89. The number of nitrogens with zero attached hydrogens (tertiary/aromatic N) is 5. The minimum absolute atomic E-state index is 0.282.